The molecule has 1 aromatic rings. The summed E-state index contributed by atoms with van der Waals surface area (Å²) in [6.45, 7) is 0. The zero-order valence-corrected chi connectivity index (χ0v) is 10.3. The van der Waals surface area contributed by atoms with Crippen LogP contribution in [0.4, 0.5) is 0 Å². The number of hydrogen-bond donors (Lipinski definition) is 0. The average molecular weight is 228 g/mol. The van der Waals surface area contributed by atoms with Crippen LogP contribution in [0.15, 0.2) is 30.3 Å². The van der Waals surface area contributed by atoms with E-state index in [1.165, 1.54) is 24.8 Å². The highest BCUT2D eigenvalue weighted by molar-refractivity contribution is 5.94. The molecular formula is C16H20O. The number of rotatable bonds is 3. The first-order chi connectivity index (χ1) is 8.33. The number of benzene rings is 1. The third kappa shape index (κ3) is 1.92. The largest absolute Gasteiger partial charge is 0.298 e. The summed E-state index contributed by atoms with van der Waals surface area (Å²) < 4.78 is 0. The molecule has 0 atom stereocenters. The van der Waals surface area contributed by atoms with Crippen molar-refractivity contribution in [3.8, 4) is 0 Å². The molecule has 0 unspecified atom stereocenters. The van der Waals surface area contributed by atoms with E-state index in [2.05, 4.69) is 24.3 Å². The van der Waals surface area contributed by atoms with Gasteiger partial charge < -0.3 is 0 Å². The highest BCUT2D eigenvalue weighted by Crippen LogP contribution is 2.51. The summed E-state index contributed by atoms with van der Waals surface area (Å²) in [7, 11) is 0. The first kappa shape index (κ1) is 11.0. The molecule has 0 N–H and O–H groups in total. The number of ketones is 1. The van der Waals surface area contributed by atoms with Crippen LogP contribution >= 0.6 is 0 Å². The molecule has 1 nitrogen and oxygen atoms in total. The first-order valence-electron chi connectivity index (χ1n) is 6.93. The van der Waals surface area contributed by atoms with Crippen LogP contribution in [0.3, 0.4) is 0 Å². The monoisotopic (exact) mass is 228 g/mol. The molecule has 3 rings (SSSR count). The predicted octanol–water partition coefficient (Wildman–Crippen LogP) is 3.87. The van der Waals surface area contributed by atoms with E-state index in [4.69, 9.17) is 0 Å². The van der Waals surface area contributed by atoms with E-state index < -0.39 is 0 Å². The lowest BCUT2D eigenvalue weighted by molar-refractivity contribution is -0.126. The van der Waals surface area contributed by atoms with E-state index in [1.54, 1.807) is 0 Å². The fourth-order valence-corrected chi connectivity index (χ4v) is 3.32. The molecule has 0 aliphatic heterocycles. The summed E-state index contributed by atoms with van der Waals surface area (Å²) in [5, 5.41) is 0. The van der Waals surface area contributed by atoms with Crippen molar-refractivity contribution in [3.63, 3.8) is 0 Å². The topological polar surface area (TPSA) is 17.1 Å². The van der Waals surface area contributed by atoms with Crippen LogP contribution < -0.4 is 0 Å². The molecule has 2 aliphatic carbocycles. The SMILES string of the molecule is O=C(C1CCCCC1)C1(c2ccccc2)CC1. The van der Waals surface area contributed by atoms with Gasteiger partial charge in [0.25, 0.3) is 0 Å². The van der Waals surface area contributed by atoms with Gasteiger partial charge in [0.05, 0.1) is 5.41 Å². The lowest BCUT2D eigenvalue weighted by atomic mass is 9.77. The second kappa shape index (κ2) is 4.29. The summed E-state index contributed by atoms with van der Waals surface area (Å²) >= 11 is 0. The Hall–Kier alpha value is -1.11. The lowest BCUT2D eigenvalue weighted by Gasteiger charge is -2.25. The Bertz CT molecular complexity index is 397. The third-order valence-corrected chi connectivity index (χ3v) is 4.52. The van der Waals surface area contributed by atoms with Crippen LogP contribution in [0.25, 0.3) is 0 Å². The minimum atomic E-state index is -0.0801. The molecule has 17 heavy (non-hydrogen) atoms. The maximum absolute atomic E-state index is 12.7. The van der Waals surface area contributed by atoms with Crippen LogP contribution in [0, 0.1) is 5.92 Å². The molecule has 0 bridgehead atoms. The summed E-state index contributed by atoms with van der Waals surface area (Å²) in [4.78, 5) is 12.7. The van der Waals surface area contributed by atoms with Gasteiger partial charge in [-0.3, -0.25) is 4.79 Å². The molecule has 0 spiro atoms. The predicted molar refractivity (Wildman–Crippen MR) is 68.9 cm³/mol. The van der Waals surface area contributed by atoms with Crippen LogP contribution in [0.2, 0.25) is 0 Å². The summed E-state index contributed by atoms with van der Waals surface area (Å²) in [5.74, 6) is 0.898. The van der Waals surface area contributed by atoms with Gasteiger partial charge in [-0.15, -0.1) is 0 Å². The molecule has 0 aromatic heterocycles. The van der Waals surface area contributed by atoms with Crippen molar-refractivity contribution in [3.05, 3.63) is 35.9 Å². The Kier molecular flexibility index (Phi) is 2.78. The highest BCUT2D eigenvalue weighted by atomic mass is 16.1. The smallest absolute Gasteiger partial charge is 0.146 e. The van der Waals surface area contributed by atoms with Gasteiger partial charge in [0.2, 0.25) is 0 Å². The normalized spacial score (nSPS) is 23.3. The number of carbonyl (C=O) groups excluding carboxylic acids is 1. The van der Waals surface area contributed by atoms with Crippen LogP contribution in [0.1, 0.15) is 50.5 Å². The summed E-state index contributed by atoms with van der Waals surface area (Å²) in [6.07, 6.45) is 8.24. The first-order valence-corrected chi connectivity index (χ1v) is 6.93. The maximum Gasteiger partial charge on any atom is 0.146 e. The average Bonchev–Trinajstić information content (AvgIpc) is 3.21. The molecule has 90 valence electrons. The maximum atomic E-state index is 12.7. The second-order valence-electron chi connectivity index (χ2n) is 5.65. The molecule has 0 amide bonds. The second-order valence-corrected chi connectivity index (χ2v) is 5.65. The minimum Gasteiger partial charge on any atom is -0.298 e. The van der Waals surface area contributed by atoms with E-state index in [0.717, 1.165) is 25.7 Å². The summed E-state index contributed by atoms with van der Waals surface area (Å²) in [6, 6.07) is 10.4. The quantitative estimate of drug-likeness (QED) is 0.767. The molecule has 1 heteroatoms. The van der Waals surface area contributed by atoms with Gasteiger partial charge in [0.1, 0.15) is 5.78 Å². The molecule has 0 heterocycles. The molecule has 0 radical (unpaired) electrons. The van der Waals surface area contributed by atoms with Crippen LogP contribution in [-0.2, 0) is 10.2 Å². The number of Topliss-reactive ketones (excluding diaryl/α,β-unsaturated/α-hetero) is 1. The standard InChI is InChI=1S/C16H20O/c17-15(13-7-3-1-4-8-13)16(11-12-16)14-9-5-2-6-10-14/h2,5-6,9-10,13H,1,3-4,7-8,11-12H2. The van der Waals surface area contributed by atoms with E-state index in [9.17, 15) is 4.79 Å². The van der Waals surface area contributed by atoms with Gasteiger partial charge in [-0.1, -0.05) is 49.6 Å². The fourth-order valence-electron chi connectivity index (χ4n) is 3.32. The number of hydrogen-bond acceptors (Lipinski definition) is 1. The van der Waals surface area contributed by atoms with Gasteiger partial charge in [-0.05, 0) is 31.2 Å². The van der Waals surface area contributed by atoms with Gasteiger partial charge in [-0.25, -0.2) is 0 Å². The molecule has 0 saturated heterocycles. The van der Waals surface area contributed by atoms with Gasteiger partial charge in [0, 0.05) is 5.92 Å². The Morgan fingerprint density at radius 1 is 1.00 bits per heavy atom. The molecule has 2 fully saturated rings. The number of carbonyl (C=O) groups is 1. The lowest BCUT2D eigenvalue weighted by Crippen LogP contribution is -2.29. The minimum absolute atomic E-state index is 0.0801. The molecule has 1 aromatic carbocycles. The van der Waals surface area contributed by atoms with E-state index in [-0.39, 0.29) is 5.41 Å². The Balaban J connectivity index is 1.81. The van der Waals surface area contributed by atoms with Gasteiger partial charge in [0.15, 0.2) is 0 Å². The zero-order chi connectivity index (χ0) is 11.7. The molecule has 2 saturated carbocycles. The van der Waals surface area contributed by atoms with Crippen molar-refractivity contribution in [2.45, 2.75) is 50.4 Å². The molecular weight excluding hydrogens is 208 g/mol. The van der Waals surface area contributed by atoms with Crippen LogP contribution in [0.5, 0.6) is 0 Å². The highest BCUT2D eigenvalue weighted by Gasteiger charge is 2.52. The van der Waals surface area contributed by atoms with Crippen molar-refractivity contribution in [1.29, 1.82) is 0 Å². The Morgan fingerprint density at radius 2 is 1.65 bits per heavy atom. The third-order valence-electron chi connectivity index (χ3n) is 4.52. The fraction of sp³-hybridized carbons (Fsp3) is 0.562. The van der Waals surface area contributed by atoms with Crippen molar-refractivity contribution in [2.24, 2.45) is 5.92 Å². The molecule has 2 aliphatic rings. The Labute approximate surface area is 103 Å². The van der Waals surface area contributed by atoms with Gasteiger partial charge in [-0.2, -0.15) is 0 Å². The van der Waals surface area contributed by atoms with E-state index in [0.29, 0.717) is 11.7 Å². The summed E-state index contributed by atoms with van der Waals surface area (Å²) in [5.41, 5.74) is 1.18. The van der Waals surface area contributed by atoms with Crippen molar-refractivity contribution < 1.29 is 4.79 Å². The van der Waals surface area contributed by atoms with Crippen molar-refractivity contribution >= 4 is 5.78 Å². The van der Waals surface area contributed by atoms with Crippen LogP contribution in [-0.4, -0.2) is 5.78 Å². The van der Waals surface area contributed by atoms with Gasteiger partial charge >= 0.3 is 0 Å². The van der Waals surface area contributed by atoms with Crippen molar-refractivity contribution in [2.75, 3.05) is 0 Å². The van der Waals surface area contributed by atoms with Crippen molar-refractivity contribution in [1.82, 2.24) is 0 Å². The zero-order valence-electron chi connectivity index (χ0n) is 10.3. The van der Waals surface area contributed by atoms with E-state index >= 15 is 0 Å². The van der Waals surface area contributed by atoms with E-state index in [1.807, 2.05) is 6.07 Å². The Morgan fingerprint density at radius 3 is 2.24 bits per heavy atom.